The molecule has 0 aliphatic rings. The molecule has 0 amide bonds. The van der Waals surface area contributed by atoms with Gasteiger partial charge in [-0.25, -0.2) is 0 Å². The van der Waals surface area contributed by atoms with Crippen LogP contribution in [0.15, 0.2) is 18.2 Å². The fraction of sp³-hybridized carbons (Fsp3) is 0.571. The molecule has 1 aromatic carbocycles. The van der Waals surface area contributed by atoms with E-state index in [1.54, 1.807) is 4.90 Å². The van der Waals surface area contributed by atoms with E-state index in [1.807, 2.05) is 6.92 Å². The molecule has 1 aromatic rings. The van der Waals surface area contributed by atoms with Gasteiger partial charge in [-0.15, -0.1) is 0 Å². The Morgan fingerprint density at radius 2 is 1.91 bits per heavy atom. The SMILES string of the molecule is CCN(CCCCC(O)CO)c1ccc([N+](=O)[O-])cc1[N+](=O)[O-]. The van der Waals surface area contributed by atoms with Gasteiger partial charge in [0.05, 0.1) is 28.6 Å². The maximum atomic E-state index is 11.2. The number of unbranched alkanes of at least 4 members (excludes halogenated alkanes) is 1. The summed E-state index contributed by atoms with van der Waals surface area (Å²) in [5.74, 6) is 0. The maximum absolute atomic E-state index is 11.2. The molecule has 0 aliphatic heterocycles. The Morgan fingerprint density at radius 3 is 2.43 bits per heavy atom. The van der Waals surface area contributed by atoms with E-state index in [1.165, 1.54) is 12.1 Å². The number of aliphatic hydroxyl groups excluding tert-OH is 2. The van der Waals surface area contributed by atoms with Crippen LogP contribution in [0.1, 0.15) is 26.2 Å². The van der Waals surface area contributed by atoms with E-state index in [-0.39, 0.29) is 18.0 Å². The Balaban J connectivity index is 2.84. The Bertz CT molecular complexity index is 551. The van der Waals surface area contributed by atoms with Crippen LogP contribution in [-0.4, -0.2) is 45.9 Å². The monoisotopic (exact) mass is 327 g/mol. The zero-order valence-electron chi connectivity index (χ0n) is 12.9. The Hall–Kier alpha value is -2.26. The van der Waals surface area contributed by atoms with Crippen LogP contribution >= 0.6 is 0 Å². The molecule has 1 unspecified atom stereocenters. The molecular formula is C14H21N3O6. The summed E-state index contributed by atoms with van der Waals surface area (Å²) < 4.78 is 0. The van der Waals surface area contributed by atoms with Gasteiger partial charge in [0.15, 0.2) is 0 Å². The van der Waals surface area contributed by atoms with Crippen LogP contribution in [0.25, 0.3) is 0 Å². The molecule has 0 radical (unpaired) electrons. The first-order valence-electron chi connectivity index (χ1n) is 7.37. The highest BCUT2D eigenvalue weighted by Gasteiger charge is 2.22. The lowest BCUT2D eigenvalue weighted by Gasteiger charge is -2.22. The van der Waals surface area contributed by atoms with Crippen molar-refractivity contribution in [1.82, 2.24) is 0 Å². The van der Waals surface area contributed by atoms with Gasteiger partial charge in [0.1, 0.15) is 5.69 Å². The predicted molar refractivity (Wildman–Crippen MR) is 84.6 cm³/mol. The number of rotatable bonds is 10. The van der Waals surface area contributed by atoms with Crippen LogP contribution in [0.4, 0.5) is 17.1 Å². The molecule has 0 spiro atoms. The van der Waals surface area contributed by atoms with Crippen LogP contribution in [0, 0.1) is 20.2 Å². The van der Waals surface area contributed by atoms with E-state index in [0.717, 1.165) is 6.07 Å². The molecule has 0 aromatic heterocycles. The summed E-state index contributed by atoms with van der Waals surface area (Å²) in [4.78, 5) is 22.4. The number of hydrogen-bond acceptors (Lipinski definition) is 7. The van der Waals surface area contributed by atoms with Crippen molar-refractivity contribution in [3.8, 4) is 0 Å². The van der Waals surface area contributed by atoms with Gasteiger partial charge >= 0.3 is 0 Å². The molecule has 0 saturated heterocycles. The highest BCUT2D eigenvalue weighted by atomic mass is 16.6. The van der Waals surface area contributed by atoms with E-state index in [0.29, 0.717) is 38.0 Å². The molecule has 0 heterocycles. The summed E-state index contributed by atoms with van der Waals surface area (Å²) >= 11 is 0. The van der Waals surface area contributed by atoms with Gasteiger partial charge in [-0.2, -0.15) is 0 Å². The van der Waals surface area contributed by atoms with Crippen molar-refractivity contribution >= 4 is 17.1 Å². The van der Waals surface area contributed by atoms with Crippen molar-refractivity contribution in [3.05, 3.63) is 38.4 Å². The van der Waals surface area contributed by atoms with Crippen molar-refractivity contribution in [2.75, 3.05) is 24.6 Å². The van der Waals surface area contributed by atoms with Crippen molar-refractivity contribution in [1.29, 1.82) is 0 Å². The minimum Gasteiger partial charge on any atom is -0.394 e. The van der Waals surface area contributed by atoms with Gasteiger partial charge in [0.25, 0.3) is 11.4 Å². The third kappa shape index (κ3) is 5.46. The number of nitro groups is 2. The lowest BCUT2D eigenvalue weighted by atomic mass is 10.1. The Labute approximate surface area is 133 Å². The molecule has 128 valence electrons. The second-order valence-corrected chi connectivity index (χ2v) is 5.10. The molecule has 23 heavy (non-hydrogen) atoms. The molecule has 9 nitrogen and oxygen atoms in total. The Morgan fingerprint density at radius 1 is 1.22 bits per heavy atom. The number of nitrogens with zero attached hydrogens (tertiary/aromatic N) is 3. The number of aliphatic hydroxyl groups is 2. The second kappa shape index (κ2) is 9.01. The quantitative estimate of drug-likeness (QED) is 0.381. The minimum absolute atomic E-state index is 0.286. The maximum Gasteiger partial charge on any atom is 0.299 e. The number of benzene rings is 1. The molecule has 1 rings (SSSR count). The Kier molecular flexibility index (Phi) is 7.36. The first-order valence-corrected chi connectivity index (χ1v) is 7.37. The number of anilines is 1. The summed E-state index contributed by atoms with van der Waals surface area (Å²) in [5, 5.41) is 40.0. The summed E-state index contributed by atoms with van der Waals surface area (Å²) in [6.07, 6.45) is 1.05. The van der Waals surface area contributed by atoms with Crippen LogP contribution in [-0.2, 0) is 0 Å². The van der Waals surface area contributed by atoms with E-state index in [9.17, 15) is 25.3 Å². The third-order valence-electron chi connectivity index (χ3n) is 3.52. The van der Waals surface area contributed by atoms with Gasteiger partial charge in [-0.3, -0.25) is 20.2 Å². The van der Waals surface area contributed by atoms with Gasteiger partial charge in [0.2, 0.25) is 0 Å². The molecule has 0 saturated carbocycles. The predicted octanol–water partition coefficient (Wildman–Crippen LogP) is 1.85. The van der Waals surface area contributed by atoms with Crippen LogP contribution in [0.5, 0.6) is 0 Å². The standard InChI is InChI=1S/C14H21N3O6/c1-2-15(8-4-3-5-12(19)10-18)13-7-6-11(16(20)21)9-14(13)17(22)23/h6-7,9,12,18-19H,2-5,8,10H2,1H3. The molecule has 0 bridgehead atoms. The smallest absolute Gasteiger partial charge is 0.299 e. The van der Waals surface area contributed by atoms with Crippen LogP contribution in [0.2, 0.25) is 0 Å². The van der Waals surface area contributed by atoms with Crippen molar-refractivity contribution < 1.29 is 20.1 Å². The van der Waals surface area contributed by atoms with Gasteiger partial charge in [-0.05, 0) is 32.3 Å². The molecule has 2 N–H and O–H groups in total. The minimum atomic E-state index is -0.751. The largest absolute Gasteiger partial charge is 0.394 e. The van der Waals surface area contributed by atoms with Gasteiger partial charge in [0, 0.05) is 19.2 Å². The number of hydrogen-bond donors (Lipinski definition) is 2. The molecule has 0 fully saturated rings. The van der Waals surface area contributed by atoms with E-state index >= 15 is 0 Å². The highest BCUT2D eigenvalue weighted by molar-refractivity contribution is 5.66. The zero-order chi connectivity index (χ0) is 17.4. The summed E-state index contributed by atoms with van der Waals surface area (Å²) in [6.45, 7) is 2.59. The first kappa shape index (κ1) is 18.8. The van der Waals surface area contributed by atoms with Gasteiger partial charge < -0.3 is 15.1 Å². The first-order chi connectivity index (χ1) is 10.9. The van der Waals surface area contributed by atoms with Crippen LogP contribution in [0.3, 0.4) is 0 Å². The lowest BCUT2D eigenvalue weighted by molar-refractivity contribution is -0.393. The second-order valence-electron chi connectivity index (χ2n) is 5.10. The summed E-state index contributed by atoms with van der Waals surface area (Å²) in [6, 6.07) is 3.61. The van der Waals surface area contributed by atoms with Gasteiger partial charge in [-0.1, -0.05) is 0 Å². The molecule has 9 heteroatoms. The summed E-state index contributed by atoms with van der Waals surface area (Å²) in [5.41, 5.74) is -0.273. The topological polar surface area (TPSA) is 130 Å². The molecule has 0 aliphatic carbocycles. The third-order valence-corrected chi connectivity index (χ3v) is 3.52. The van der Waals surface area contributed by atoms with E-state index < -0.39 is 16.0 Å². The van der Waals surface area contributed by atoms with Crippen molar-refractivity contribution in [2.24, 2.45) is 0 Å². The lowest BCUT2D eigenvalue weighted by Crippen LogP contribution is -2.25. The average molecular weight is 327 g/mol. The van der Waals surface area contributed by atoms with Crippen molar-refractivity contribution in [2.45, 2.75) is 32.3 Å². The van der Waals surface area contributed by atoms with E-state index in [2.05, 4.69) is 0 Å². The van der Waals surface area contributed by atoms with Crippen LogP contribution < -0.4 is 4.90 Å². The molecular weight excluding hydrogens is 306 g/mol. The van der Waals surface area contributed by atoms with E-state index in [4.69, 9.17) is 5.11 Å². The summed E-state index contributed by atoms with van der Waals surface area (Å²) in [7, 11) is 0. The van der Waals surface area contributed by atoms with Crippen molar-refractivity contribution in [3.63, 3.8) is 0 Å². The normalized spacial score (nSPS) is 12.0. The number of non-ortho nitro benzene ring substituents is 1. The fourth-order valence-electron chi connectivity index (χ4n) is 2.26. The number of nitro benzene ring substituents is 2. The molecule has 1 atom stereocenters. The zero-order valence-corrected chi connectivity index (χ0v) is 12.9. The fourth-order valence-corrected chi connectivity index (χ4v) is 2.26. The average Bonchev–Trinajstić information content (AvgIpc) is 2.54. The highest BCUT2D eigenvalue weighted by Crippen LogP contribution is 2.32.